The summed E-state index contributed by atoms with van der Waals surface area (Å²) >= 11 is 1.90. The number of nitrogens with zero attached hydrogens (tertiary/aromatic N) is 1. The van der Waals surface area contributed by atoms with E-state index in [2.05, 4.69) is 42.7 Å². The molecule has 0 spiro atoms. The van der Waals surface area contributed by atoms with Crippen molar-refractivity contribution >= 4 is 11.3 Å². The summed E-state index contributed by atoms with van der Waals surface area (Å²) in [5.74, 6) is 0.513. The molecule has 0 saturated carbocycles. The molecule has 3 rings (SSSR count). The lowest BCUT2D eigenvalue weighted by molar-refractivity contribution is 0.404. The molecule has 2 unspecified atom stereocenters. The van der Waals surface area contributed by atoms with Crippen LogP contribution in [0.1, 0.15) is 60.3 Å². The second-order valence-electron chi connectivity index (χ2n) is 5.75. The average molecular weight is 300 g/mol. The third kappa shape index (κ3) is 2.90. The van der Waals surface area contributed by atoms with Gasteiger partial charge >= 0.3 is 0 Å². The molecule has 0 saturated heterocycles. The third-order valence-electron chi connectivity index (χ3n) is 4.51. The molecule has 2 aromatic heterocycles. The predicted molar refractivity (Wildman–Crippen MR) is 90.0 cm³/mol. The monoisotopic (exact) mass is 300 g/mol. The molecule has 1 aliphatic rings. The molecule has 0 aromatic carbocycles. The average Bonchev–Trinajstić information content (AvgIpc) is 3.00. The molecule has 112 valence electrons. The molecular formula is C18H24N2S. The van der Waals surface area contributed by atoms with Crippen LogP contribution in [-0.2, 0) is 12.8 Å². The van der Waals surface area contributed by atoms with Crippen molar-refractivity contribution in [2.45, 2.75) is 51.5 Å². The summed E-state index contributed by atoms with van der Waals surface area (Å²) < 4.78 is 0. The molecule has 1 aliphatic carbocycles. The maximum absolute atomic E-state index is 4.73. The first kappa shape index (κ1) is 14.7. The number of likely N-dealkylation sites (N-methyl/N-ethyl adjacent to an activating group) is 1. The molecule has 2 nitrogen and oxygen atoms in total. The van der Waals surface area contributed by atoms with Gasteiger partial charge in [0, 0.05) is 22.7 Å². The number of thiophene rings is 1. The lowest BCUT2D eigenvalue weighted by Crippen LogP contribution is -2.30. The van der Waals surface area contributed by atoms with Gasteiger partial charge in [0.25, 0.3) is 0 Å². The number of pyridine rings is 1. The zero-order chi connectivity index (χ0) is 14.7. The Labute approximate surface area is 131 Å². The SMILES string of the molecule is CCNC(c1sccc1CC)C1CCCc2cccnc21. The molecule has 2 atom stereocenters. The Hall–Kier alpha value is -1.19. The van der Waals surface area contributed by atoms with E-state index in [9.17, 15) is 0 Å². The van der Waals surface area contributed by atoms with Gasteiger partial charge in [-0.05, 0) is 60.9 Å². The van der Waals surface area contributed by atoms with E-state index in [1.54, 1.807) is 0 Å². The Morgan fingerprint density at radius 3 is 3.10 bits per heavy atom. The summed E-state index contributed by atoms with van der Waals surface area (Å²) in [7, 11) is 0. The number of hydrogen-bond donors (Lipinski definition) is 1. The first-order valence-corrected chi connectivity index (χ1v) is 8.96. The molecule has 1 N–H and O–H groups in total. The van der Waals surface area contributed by atoms with Crippen LogP contribution in [0.4, 0.5) is 0 Å². The molecule has 0 fully saturated rings. The zero-order valence-corrected chi connectivity index (χ0v) is 13.7. The predicted octanol–water partition coefficient (Wildman–Crippen LogP) is 4.48. The van der Waals surface area contributed by atoms with Crippen molar-refractivity contribution in [2.24, 2.45) is 0 Å². The van der Waals surface area contributed by atoms with Crippen molar-refractivity contribution in [3.63, 3.8) is 0 Å². The van der Waals surface area contributed by atoms with E-state index in [4.69, 9.17) is 4.98 Å². The Kier molecular flexibility index (Phi) is 4.71. The summed E-state index contributed by atoms with van der Waals surface area (Å²) in [4.78, 5) is 6.25. The highest BCUT2D eigenvalue weighted by atomic mass is 32.1. The van der Waals surface area contributed by atoms with Crippen molar-refractivity contribution in [3.05, 3.63) is 51.5 Å². The van der Waals surface area contributed by atoms with Crippen LogP contribution in [0.3, 0.4) is 0 Å². The van der Waals surface area contributed by atoms with Crippen LogP contribution in [0.15, 0.2) is 29.8 Å². The van der Waals surface area contributed by atoms with Crippen molar-refractivity contribution < 1.29 is 0 Å². The Bertz CT molecular complexity index is 590. The minimum absolute atomic E-state index is 0.416. The largest absolute Gasteiger partial charge is 0.309 e. The van der Waals surface area contributed by atoms with Crippen molar-refractivity contribution in [2.75, 3.05) is 6.54 Å². The highest BCUT2D eigenvalue weighted by molar-refractivity contribution is 7.10. The van der Waals surface area contributed by atoms with Gasteiger partial charge in [-0.15, -0.1) is 11.3 Å². The zero-order valence-electron chi connectivity index (χ0n) is 12.9. The quantitative estimate of drug-likeness (QED) is 0.881. The summed E-state index contributed by atoms with van der Waals surface area (Å²) in [5.41, 5.74) is 4.27. The topological polar surface area (TPSA) is 24.9 Å². The smallest absolute Gasteiger partial charge is 0.0502 e. The van der Waals surface area contributed by atoms with Gasteiger partial charge in [-0.3, -0.25) is 4.98 Å². The maximum atomic E-state index is 4.73. The Balaban J connectivity index is 1.99. The Morgan fingerprint density at radius 2 is 2.29 bits per heavy atom. The third-order valence-corrected chi connectivity index (χ3v) is 5.55. The standard InChI is InChI=1S/C18H24N2S/c1-3-13-10-12-21-18(13)17(19-4-2)15-9-5-7-14-8-6-11-20-16(14)15/h6,8,10-12,15,17,19H,3-5,7,9H2,1-2H3. The van der Waals surface area contributed by atoms with Crippen molar-refractivity contribution in [1.82, 2.24) is 10.3 Å². The highest BCUT2D eigenvalue weighted by Gasteiger charge is 2.31. The molecule has 0 amide bonds. The lowest BCUT2D eigenvalue weighted by atomic mass is 9.80. The fraction of sp³-hybridized carbons (Fsp3) is 0.500. The second-order valence-corrected chi connectivity index (χ2v) is 6.69. The van der Waals surface area contributed by atoms with Crippen LogP contribution in [0, 0.1) is 0 Å². The molecule has 0 aliphatic heterocycles. The number of aryl methyl sites for hydroxylation is 2. The van der Waals surface area contributed by atoms with Gasteiger partial charge in [0.15, 0.2) is 0 Å². The van der Waals surface area contributed by atoms with Gasteiger partial charge in [-0.1, -0.05) is 19.9 Å². The molecule has 21 heavy (non-hydrogen) atoms. The fourth-order valence-corrected chi connectivity index (χ4v) is 4.66. The van der Waals surface area contributed by atoms with E-state index >= 15 is 0 Å². The number of fused-ring (bicyclic) bond motifs is 1. The van der Waals surface area contributed by atoms with Gasteiger partial charge in [-0.2, -0.15) is 0 Å². The van der Waals surface area contributed by atoms with Crippen LogP contribution in [-0.4, -0.2) is 11.5 Å². The van der Waals surface area contributed by atoms with E-state index in [1.165, 1.54) is 41.0 Å². The highest BCUT2D eigenvalue weighted by Crippen LogP contribution is 2.41. The van der Waals surface area contributed by atoms with Gasteiger partial charge in [0.2, 0.25) is 0 Å². The molecule has 2 heterocycles. The number of nitrogens with one attached hydrogen (secondary N) is 1. The summed E-state index contributed by atoms with van der Waals surface area (Å²) in [5, 5.41) is 5.98. The number of rotatable bonds is 5. The van der Waals surface area contributed by atoms with Crippen molar-refractivity contribution in [3.8, 4) is 0 Å². The van der Waals surface area contributed by atoms with E-state index in [0.29, 0.717) is 12.0 Å². The molecule has 2 aromatic rings. The Morgan fingerprint density at radius 1 is 1.38 bits per heavy atom. The van der Waals surface area contributed by atoms with Crippen LogP contribution in [0.25, 0.3) is 0 Å². The van der Waals surface area contributed by atoms with Gasteiger partial charge in [-0.25, -0.2) is 0 Å². The van der Waals surface area contributed by atoms with Crippen LogP contribution in [0.2, 0.25) is 0 Å². The summed E-state index contributed by atoms with van der Waals surface area (Å²) in [6, 6.07) is 7.03. The van der Waals surface area contributed by atoms with E-state index in [-0.39, 0.29) is 0 Å². The first-order chi connectivity index (χ1) is 10.3. The van der Waals surface area contributed by atoms with Crippen LogP contribution in [0.5, 0.6) is 0 Å². The maximum Gasteiger partial charge on any atom is 0.0502 e. The summed E-state index contributed by atoms with van der Waals surface area (Å²) in [6.45, 7) is 5.46. The number of hydrogen-bond acceptors (Lipinski definition) is 3. The van der Waals surface area contributed by atoms with Crippen LogP contribution >= 0.6 is 11.3 Å². The molecular weight excluding hydrogens is 276 g/mol. The van der Waals surface area contributed by atoms with E-state index in [1.807, 2.05) is 17.5 Å². The van der Waals surface area contributed by atoms with Crippen molar-refractivity contribution in [1.29, 1.82) is 0 Å². The lowest BCUT2D eigenvalue weighted by Gasteiger charge is -2.32. The first-order valence-electron chi connectivity index (χ1n) is 8.08. The second kappa shape index (κ2) is 6.71. The van der Waals surface area contributed by atoms with Gasteiger partial charge < -0.3 is 5.32 Å². The van der Waals surface area contributed by atoms with Gasteiger partial charge in [0.1, 0.15) is 0 Å². The normalized spacial score (nSPS) is 19.2. The fourth-order valence-electron chi connectivity index (χ4n) is 3.52. The summed E-state index contributed by atoms with van der Waals surface area (Å²) in [6.07, 6.45) is 6.77. The number of aromatic nitrogens is 1. The van der Waals surface area contributed by atoms with E-state index < -0.39 is 0 Å². The minimum Gasteiger partial charge on any atom is -0.309 e. The van der Waals surface area contributed by atoms with Crippen LogP contribution < -0.4 is 5.32 Å². The van der Waals surface area contributed by atoms with Gasteiger partial charge in [0.05, 0.1) is 6.04 Å². The minimum atomic E-state index is 0.416. The molecule has 0 bridgehead atoms. The molecule has 0 radical (unpaired) electrons. The van der Waals surface area contributed by atoms with E-state index in [0.717, 1.165) is 13.0 Å². The molecule has 3 heteroatoms.